The Bertz CT molecular complexity index is 1850. The Kier molecular flexibility index (Phi) is 9.39. The zero-order valence-corrected chi connectivity index (χ0v) is 26.4. The van der Waals surface area contributed by atoms with Gasteiger partial charge in [0.15, 0.2) is 0 Å². The summed E-state index contributed by atoms with van der Waals surface area (Å²) in [5, 5.41) is 9.51. The molecule has 0 saturated carbocycles. The first-order valence-electron chi connectivity index (χ1n) is 14.0. The zero-order valence-electron chi connectivity index (χ0n) is 24.0. The van der Waals surface area contributed by atoms with E-state index in [4.69, 9.17) is 42.8 Å². The highest BCUT2D eigenvalue weighted by Gasteiger charge is 2.35. The van der Waals surface area contributed by atoms with E-state index in [1.807, 2.05) is 73.7 Å². The predicted octanol–water partition coefficient (Wildman–Crippen LogP) is 8.63. The summed E-state index contributed by atoms with van der Waals surface area (Å²) < 4.78 is 27.6. The Hall–Kier alpha value is -4.31. The van der Waals surface area contributed by atoms with Crippen LogP contribution in [0.3, 0.4) is 0 Å². The molecule has 0 saturated heterocycles. The first-order valence-corrected chi connectivity index (χ1v) is 15.8. The molecule has 0 radical (unpaired) electrons. The van der Waals surface area contributed by atoms with Crippen molar-refractivity contribution < 1.29 is 18.7 Å². The number of ether oxygens (including phenoxy) is 2. The van der Waals surface area contributed by atoms with E-state index in [0.717, 1.165) is 16.7 Å². The first kappa shape index (κ1) is 30.7. The van der Waals surface area contributed by atoms with Crippen molar-refractivity contribution >= 4 is 46.9 Å². The summed E-state index contributed by atoms with van der Waals surface area (Å²) in [6.45, 7) is 1.90. The molecule has 1 atom stereocenters. The number of allylic oxidation sites excluding steroid dienone is 1. The van der Waals surface area contributed by atoms with Crippen molar-refractivity contribution in [1.29, 1.82) is 0 Å². The molecule has 11 heteroatoms. The van der Waals surface area contributed by atoms with Crippen LogP contribution in [0.25, 0.3) is 0 Å². The summed E-state index contributed by atoms with van der Waals surface area (Å²) in [5.74, 6) is 0.665. The minimum absolute atomic E-state index is 0.0342. The first-order chi connectivity index (χ1) is 21.9. The molecule has 228 valence electrons. The van der Waals surface area contributed by atoms with Crippen molar-refractivity contribution in [2.24, 2.45) is 0 Å². The summed E-state index contributed by atoms with van der Waals surface area (Å²) in [5.41, 5.74) is 3.88. The maximum absolute atomic E-state index is 14.3. The Balaban J connectivity index is 1.28. The molecule has 0 bridgehead atoms. The monoisotopic (exact) mass is 660 g/mol. The standard InChI is InChI=1S/C34H27Cl2FN4O3S/c1-21-30(32(42)44-18-22-8-3-2-4-9-22)31(23-14-16-25(17-15-23)43-19-26-28(36)12-7-13-29(26)37)41-33(38-21)39-34(40-41)45-20-24-10-5-6-11-27(24)35/h2-17,31H,18-20H2,1H3,(H,38,39,40). The van der Waals surface area contributed by atoms with E-state index in [2.05, 4.69) is 5.32 Å². The van der Waals surface area contributed by atoms with Crippen molar-refractivity contribution in [3.63, 3.8) is 0 Å². The molecule has 7 nitrogen and oxygen atoms in total. The normalized spacial score (nSPS) is 14.1. The third-order valence-corrected chi connectivity index (χ3v) is 8.83. The van der Waals surface area contributed by atoms with Crippen molar-refractivity contribution in [2.75, 3.05) is 5.32 Å². The fourth-order valence-corrected chi connectivity index (χ4v) is 6.23. The van der Waals surface area contributed by atoms with E-state index >= 15 is 0 Å². The Labute approximate surface area is 274 Å². The maximum atomic E-state index is 14.3. The van der Waals surface area contributed by atoms with E-state index in [-0.39, 0.29) is 18.8 Å². The van der Waals surface area contributed by atoms with Crippen LogP contribution in [0.2, 0.25) is 10.0 Å². The highest BCUT2D eigenvalue weighted by atomic mass is 35.5. The lowest BCUT2D eigenvalue weighted by Gasteiger charge is -2.28. The molecule has 5 aromatic rings. The number of fused-ring (bicyclic) bond motifs is 1. The number of benzene rings is 4. The number of hydrogen-bond donors (Lipinski definition) is 1. The van der Waals surface area contributed by atoms with Crippen molar-refractivity contribution in [3.05, 3.63) is 146 Å². The minimum Gasteiger partial charge on any atom is -0.489 e. The van der Waals surface area contributed by atoms with Gasteiger partial charge in [-0.25, -0.2) is 13.9 Å². The summed E-state index contributed by atoms with van der Waals surface area (Å²) in [6.07, 6.45) is 0. The van der Waals surface area contributed by atoms with Gasteiger partial charge in [0.05, 0.1) is 10.6 Å². The zero-order chi connectivity index (χ0) is 31.3. The molecular weight excluding hydrogens is 634 g/mol. The SMILES string of the molecule is CC1=C(C(=O)OCc2ccccc2)C(c2ccc(OCc3c(F)cccc3Cl)cc2)n2nc(SCc3ccccc3Cl)nc2N1. The summed E-state index contributed by atoms with van der Waals surface area (Å²) >= 11 is 14.0. The van der Waals surface area contributed by atoms with Gasteiger partial charge in [0.1, 0.15) is 30.8 Å². The number of halogens is 3. The van der Waals surface area contributed by atoms with Crippen LogP contribution < -0.4 is 10.1 Å². The Morgan fingerprint density at radius 3 is 2.42 bits per heavy atom. The molecule has 1 aliphatic rings. The molecule has 1 aromatic heterocycles. The van der Waals surface area contributed by atoms with Gasteiger partial charge < -0.3 is 14.8 Å². The molecule has 1 unspecified atom stereocenters. The molecule has 1 N–H and O–H groups in total. The van der Waals surface area contributed by atoms with Gasteiger partial charge in [-0.3, -0.25) is 0 Å². The van der Waals surface area contributed by atoms with Gasteiger partial charge in [-0.05, 0) is 53.9 Å². The smallest absolute Gasteiger partial charge is 0.338 e. The lowest BCUT2D eigenvalue weighted by Crippen LogP contribution is -2.29. The molecule has 1 aliphatic heterocycles. The predicted molar refractivity (Wildman–Crippen MR) is 174 cm³/mol. The van der Waals surface area contributed by atoms with E-state index in [1.54, 1.807) is 28.9 Å². The molecule has 0 spiro atoms. The van der Waals surface area contributed by atoms with Gasteiger partial charge in [-0.1, -0.05) is 102 Å². The maximum Gasteiger partial charge on any atom is 0.338 e. The Morgan fingerprint density at radius 1 is 0.933 bits per heavy atom. The van der Waals surface area contributed by atoms with Crippen molar-refractivity contribution in [3.8, 4) is 5.75 Å². The Morgan fingerprint density at radius 2 is 1.67 bits per heavy atom. The average Bonchev–Trinajstić information content (AvgIpc) is 3.45. The van der Waals surface area contributed by atoms with Crippen molar-refractivity contribution in [1.82, 2.24) is 14.8 Å². The van der Waals surface area contributed by atoms with E-state index < -0.39 is 17.8 Å². The lowest BCUT2D eigenvalue weighted by molar-refractivity contribution is -0.140. The van der Waals surface area contributed by atoms with Crippen molar-refractivity contribution in [2.45, 2.75) is 37.1 Å². The van der Waals surface area contributed by atoms with Gasteiger partial charge in [-0.2, -0.15) is 4.98 Å². The fraction of sp³-hybridized carbons (Fsp3) is 0.147. The third kappa shape index (κ3) is 7.01. The van der Waals surface area contributed by atoms with Crippen LogP contribution in [-0.4, -0.2) is 20.7 Å². The lowest BCUT2D eigenvalue weighted by atomic mass is 9.95. The topological polar surface area (TPSA) is 78.3 Å². The number of hydrogen-bond acceptors (Lipinski definition) is 7. The second-order valence-electron chi connectivity index (χ2n) is 10.2. The van der Waals surface area contributed by atoms with Gasteiger partial charge in [0, 0.05) is 22.0 Å². The number of aromatic nitrogens is 3. The number of rotatable bonds is 10. The molecule has 2 heterocycles. The number of nitrogens with one attached hydrogen (secondary N) is 1. The fourth-order valence-electron chi connectivity index (χ4n) is 4.90. The van der Waals surface area contributed by atoms with Gasteiger partial charge >= 0.3 is 5.97 Å². The summed E-state index contributed by atoms with van der Waals surface area (Å²) in [7, 11) is 0. The molecule has 0 aliphatic carbocycles. The second kappa shape index (κ2) is 13.8. The second-order valence-corrected chi connectivity index (χ2v) is 12.0. The number of carbonyl (C=O) groups excluding carboxylic acids is 1. The van der Waals surface area contributed by atoms with Crippen LogP contribution in [0, 0.1) is 5.82 Å². The summed E-state index contributed by atoms with van der Waals surface area (Å²) in [4.78, 5) is 18.4. The van der Waals surface area contributed by atoms with Crippen LogP contribution in [0.1, 0.15) is 35.2 Å². The molecule has 4 aromatic carbocycles. The van der Waals surface area contributed by atoms with Crippen LogP contribution in [0.4, 0.5) is 10.3 Å². The number of carbonyl (C=O) groups is 1. The number of anilines is 1. The van der Waals surface area contributed by atoms with E-state index in [1.165, 1.54) is 17.8 Å². The number of nitrogens with zero attached hydrogens (tertiary/aromatic N) is 3. The largest absolute Gasteiger partial charge is 0.489 e. The average molecular weight is 662 g/mol. The van der Waals surface area contributed by atoms with Crippen LogP contribution in [0.5, 0.6) is 5.75 Å². The number of esters is 1. The molecule has 45 heavy (non-hydrogen) atoms. The van der Waals surface area contributed by atoms with Crippen LogP contribution in [-0.2, 0) is 28.5 Å². The van der Waals surface area contributed by atoms with Gasteiger partial charge in [0.25, 0.3) is 0 Å². The molecule has 6 rings (SSSR count). The van der Waals surface area contributed by atoms with Crippen LogP contribution >= 0.6 is 35.0 Å². The molecule has 0 amide bonds. The number of thioether (sulfide) groups is 1. The van der Waals surface area contributed by atoms with E-state index in [0.29, 0.717) is 43.9 Å². The van der Waals surface area contributed by atoms with Gasteiger partial charge in [-0.15, -0.1) is 5.10 Å². The molecule has 0 fully saturated rings. The minimum atomic E-state index is -0.637. The van der Waals surface area contributed by atoms with Crippen LogP contribution in [0.15, 0.2) is 113 Å². The van der Waals surface area contributed by atoms with E-state index in [9.17, 15) is 9.18 Å². The highest BCUT2D eigenvalue weighted by molar-refractivity contribution is 7.98. The quantitative estimate of drug-likeness (QED) is 0.119. The van der Waals surface area contributed by atoms with Gasteiger partial charge in [0.2, 0.25) is 11.1 Å². The summed E-state index contributed by atoms with van der Waals surface area (Å²) in [6, 6.07) is 28.2. The molecular formula is C34H27Cl2FN4O3S. The third-order valence-electron chi connectivity index (χ3n) is 7.22. The highest BCUT2D eigenvalue weighted by Crippen LogP contribution is 2.38.